The van der Waals surface area contributed by atoms with Crippen molar-refractivity contribution < 1.29 is 93.6 Å². The van der Waals surface area contributed by atoms with Gasteiger partial charge in [0, 0.05) is 12.2 Å². The van der Waals surface area contributed by atoms with Crippen molar-refractivity contribution in [3.05, 3.63) is 24.3 Å². The van der Waals surface area contributed by atoms with Gasteiger partial charge in [-0.15, -0.1) is 0 Å². The van der Waals surface area contributed by atoms with Crippen LogP contribution in [0.5, 0.6) is 0 Å². The first-order valence-electron chi connectivity index (χ1n) is 3.53. The summed E-state index contributed by atoms with van der Waals surface area (Å²) in [7, 11) is 0. The molecule has 0 radical (unpaired) electrons. The molecule has 0 aromatic heterocycles. The van der Waals surface area contributed by atoms with Crippen LogP contribution in [-0.2, 0) is 32.0 Å². The van der Waals surface area contributed by atoms with Crippen molar-refractivity contribution in [2.24, 2.45) is 9.98 Å². The molecule has 2 rings (SSSR count). The molecule has 0 aliphatic carbocycles. The number of carbonyl (C=O) groups excluding carboxylic acids is 2. The van der Waals surface area contributed by atoms with Crippen LogP contribution < -0.4 is 61.6 Å². The van der Waals surface area contributed by atoms with Crippen LogP contribution in [-0.4, -0.2) is 23.6 Å². The minimum absolute atomic E-state index is 0. The molecule has 16 heavy (non-hydrogen) atoms. The summed E-state index contributed by atoms with van der Waals surface area (Å²) >= 11 is 0. The fourth-order valence-corrected chi connectivity index (χ4v) is 0.651. The Labute approximate surface area is 149 Å². The summed E-state index contributed by atoms with van der Waals surface area (Å²) in [4.78, 5) is 26.0. The van der Waals surface area contributed by atoms with Crippen LogP contribution >= 0.6 is 0 Å². The van der Waals surface area contributed by atoms with E-state index in [1.165, 1.54) is 0 Å². The summed E-state index contributed by atoms with van der Waals surface area (Å²) in [5.74, 6) is -1.81. The molecule has 0 saturated carbocycles. The van der Waals surface area contributed by atoms with Crippen molar-refractivity contribution in [1.29, 1.82) is 0 Å². The molecule has 0 fully saturated rings. The predicted molar refractivity (Wildman–Crippen MR) is 43.2 cm³/mol. The van der Waals surface area contributed by atoms with E-state index in [2.05, 4.69) is 9.98 Å². The minimum Gasteiger partial charge on any atom is -0.859 e. The van der Waals surface area contributed by atoms with Crippen molar-refractivity contribution in [2.75, 3.05) is 0 Å². The van der Waals surface area contributed by atoms with Gasteiger partial charge in [-0.1, -0.05) is 0 Å². The Balaban J connectivity index is 0. The first kappa shape index (κ1) is 18.5. The zero-order chi connectivity index (χ0) is 10.6. The number of rotatable bonds is 0. The summed E-state index contributed by atoms with van der Waals surface area (Å²) < 4.78 is 0. The predicted octanol–water partition coefficient (Wildman–Crippen LogP) is -5.32. The van der Waals surface area contributed by atoms with Gasteiger partial charge in [-0.3, -0.25) is 9.59 Å². The van der Waals surface area contributed by atoms with Crippen molar-refractivity contribution in [2.45, 2.75) is 0 Å². The number of carbonyl (C=O) groups is 2. The Kier molecular flexibility index (Phi) is 10.6. The first-order valence-corrected chi connectivity index (χ1v) is 3.53. The van der Waals surface area contributed by atoms with Crippen LogP contribution in [0.4, 0.5) is 0 Å². The van der Waals surface area contributed by atoms with Crippen molar-refractivity contribution in [1.82, 2.24) is 0 Å². The zero-order valence-corrected chi connectivity index (χ0v) is 12.7. The van der Waals surface area contributed by atoms with Crippen molar-refractivity contribution >= 4 is 23.6 Å². The molecule has 2 aliphatic heterocycles. The number of aliphatic imine (C=N–C) groups is 2. The van der Waals surface area contributed by atoms with Gasteiger partial charge in [-0.25, -0.2) is 9.98 Å². The molecule has 0 atom stereocenters. The number of hydrogen-bond acceptors (Lipinski definition) is 4. The van der Waals surface area contributed by atoms with E-state index in [9.17, 15) is 19.8 Å². The molecule has 2 heterocycles. The maximum atomic E-state index is 9.98. The standard InChI is InChI=1S/2C4H3NO2.Ag.K/c2*6-3-1-2-4(7)5-3;;/h2*1-2H,(H,5,6,7);;/q;;2*+1/p-2. The third kappa shape index (κ3) is 7.42. The normalized spacial score (nSPS) is 15.5. The summed E-state index contributed by atoms with van der Waals surface area (Å²) in [6, 6.07) is 0. The zero-order valence-electron chi connectivity index (χ0n) is 8.14. The van der Waals surface area contributed by atoms with Gasteiger partial charge in [0.2, 0.25) is 0 Å². The van der Waals surface area contributed by atoms with Gasteiger partial charge < -0.3 is 10.2 Å². The second-order valence-electron chi connectivity index (χ2n) is 2.24. The smallest absolute Gasteiger partial charge is 0.859 e. The Morgan fingerprint density at radius 1 is 0.812 bits per heavy atom. The third-order valence-electron chi connectivity index (χ3n) is 1.18. The molecule has 0 bridgehead atoms. The van der Waals surface area contributed by atoms with E-state index in [0.29, 0.717) is 0 Å². The van der Waals surface area contributed by atoms with Crippen LogP contribution in [0.15, 0.2) is 34.3 Å². The molecular formula is C8H4AgKN2O4. The summed E-state index contributed by atoms with van der Waals surface area (Å²) in [5, 5.41) is 20.0. The van der Waals surface area contributed by atoms with Gasteiger partial charge in [0.1, 0.15) is 0 Å². The average Bonchev–Trinajstić information content (AvgIpc) is 2.63. The minimum atomic E-state index is -0.454. The molecule has 2 aliphatic rings. The quantitative estimate of drug-likeness (QED) is 0.411. The Hall–Kier alpha value is 0.137. The number of amides is 2. The average molecular weight is 339 g/mol. The SMILES string of the molecule is O=C1C=CC([O-])=N1.O=C1C=CC([O-])=N1.[Ag+].[K+]. The molecule has 0 spiro atoms. The molecule has 0 saturated heterocycles. The van der Waals surface area contributed by atoms with Gasteiger partial charge in [0.15, 0.2) is 0 Å². The summed E-state index contributed by atoms with van der Waals surface area (Å²) in [6.45, 7) is 0. The maximum absolute atomic E-state index is 9.98. The van der Waals surface area contributed by atoms with E-state index in [4.69, 9.17) is 0 Å². The van der Waals surface area contributed by atoms with Crippen LogP contribution in [0.2, 0.25) is 0 Å². The summed E-state index contributed by atoms with van der Waals surface area (Å²) in [6.07, 6.45) is 4.56. The molecule has 2 amide bonds. The fourth-order valence-electron chi connectivity index (χ4n) is 0.651. The van der Waals surface area contributed by atoms with Crippen LogP contribution in [0, 0.1) is 0 Å². The molecule has 0 aromatic carbocycles. The Morgan fingerprint density at radius 3 is 1.19 bits per heavy atom. The van der Waals surface area contributed by atoms with Crippen molar-refractivity contribution in [3.8, 4) is 0 Å². The van der Waals surface area contributed by atoms with Crippen LogP contribution in [0.1, 0.15) is 0 Å². The van der Waals surface area contributed by atoms with Crippen LogP contribution in [0.3, 0.4) is 0 Å². The van der Waals surface area contributed by atoms with E-state index >= 15 is 0 Å². The molecule has 0 aromatic rings. The maximum Gasteiger partial charge on any atom is 1.00 e. The molecule has 6 nitrogen and oxygen atoms in total. The van der Waals surface area contributed by atoms with E-state index in [0.717, 1.165) is 24.3 Å². The number of hydrogen-bond donors (Lipinski definition) is 0. The van der Waals surface area contributed by atoms with Crippen LogP contribution in [0.25, 0.3) is 0 Å². The topological polar surface area (TPSA) is 105 Å². The summed E-state index contributed by atoms with van der Waals surface area (Å²) in [5.41, 5.74) is 0. The number of nitrogens with zero attached hydrogens (tertiary/aromatic N) is 2. The largest absolute Gasteiger partial charge is 1.00 e. The second kappa shape index (κ2) is 9.20. The Morgan fingerprint density at radius 2 is 1.12 bits per heavy atom. The van der Waals surface area contributed by atoms with E-state index < -0.39 is 23.6 Å². The van der Waals surface area contributed by atoms with Gasteiger partial charge in [0.25, 0.3) is 11.8 Å². The van der Waals surface area contributed by atoms with Gasteiger partial charge in [-0.2, -0.15) is 0 Å². The second-order valence-corrected chi connectivity index (χ2v) is 2.24. The molecule has 8 heteroatoms. The first-order chi connectivity index (χ1) is 6.58. The molecule has 0 N–H and O–H groups in total. The third-order valence-corrected chi connectivity index (χ3v) is 1.18. The Bertz CT molecular complexity index is 363. The fraction of sp³-hybridized carbons (Fsp3) is 0. The van der Waals surface area contributed by atoms with Gasteiger partial charge in [-0.05, 0) is 23.9 Å². The molecule has 82 valence electrons. The monoisotopic (exact) mass is 338 g/mol. The van der Waals surface area contributed by atoms with Gasteiger partial charge in [0.05, 0.1) is 0 Å². The van der Waals surface area contributed by atoms with E-state index in [1.54, 1.807) is 0 Å². The van der Waals surface area contributed by atoms with E-state index in [-0.39, 0.29) is 73.8 Å². The molecular weight excluding hydrogens is 335 g/mol. The molecule has 0 unspecified atom stereocenters. The van der Waals surface area contributed by atoms with Gasteiger partial charge >= 0.3 is 73.8 Å². The van der Waals surface area contributed by atoms with E-state index in [1.807, 2.05) is 0 Å². The van der Waals surface area contributed by atoms with Crippen molar-refractivity contribution in [3.63, 3.8) is 0 Å².